The first kappa shape index (κ1) is 11.9. The Morgan fingerprint density at radius 3 is 2.94 bits per heavy atom. The van der Waals surface area contributed by atoms with Gasteiger partial charge in [-0.05, 0) is 49.4 Å². The lowest BCUT2D eigenvalue weighted by Gasteiger charge is -2.14. The Morgan fingerprint density at radius 2 is 2.24 bits per heavy atom. The van der Waals surface area contributed by atoms with Crippen molar-refractivity contribution in [2.45, 2.75) is 19.9 Å². The lowest BCUT2D eigenvalue weighted by Crippen LogP contribution is -2.19. The van der Waals surface area contributed by atoms with Crippen molar-refractivity contribution in [3.63, 3.8) is 0 Å². The molecule has 90 valence electrons. The van der Waals surface area contributed by atoms with Gasteiger partial charge in [0.15, 0.2) is 0 Å². The first-order chi connectivity index (χ1) is 8.24. The molecule has 1 aromatic carbocycles. The van der Waals surface area contributed by atoms with E-state index in [9.17, 15) is 0 Å². The molecule has 0 spiro atoms. The molecule has 0 amide bonds. The molecule has 2 nitrogen and oxygen atoms in total. The summed E-state index contributed by atoms with van der Waals surface area (Å²) in [5.41, 5.74) is 8.37. The van der Waals surface area contributed by atoms with E-state index in [-0.39, 0.29) is 0 Å². The second-order valence-corrected chi connectivity index (χ2v) is 4.66. The third-order valence-corrected chi connectivity index (χ3v) is 3.21. The average molecular weight is 228 g/mol. The number of fused-ring (bicyclic) bond motifs is 1. The molecular formula is C15H20N2. The summed E-state index contributed by atoms with van der Waals surface area (Å²) in [4.78, 5) is 0. The number of nitrogens with two attached hydrogens (primary N) is 1. The van der Waals surface area contributed by atoms with Crippen LogP contribution in [0, 0.1) is 12.8 Å². The van der Waals surface area contributed by atoms with Crippen LogP contribution in [0.25, 0.3) is 10.9 Å². The van der Waals surface area contributed by atoms with Gasteiger partial charge in [-0.3, -0.25) is 0 Å². The Bertz CT molecular complexity index is 511. The van der Waals surface area contributed by atoms with Gasteiger partial charge < -0.3 is 10.3 Å². The van der Waals surface area contributed by atoms with E-state index in [0.29, 0.717) is 12.5 Å². The molecule has 0 saturated carbocycles. The molecular weight excluding hydrogens is 208 g/mol. The number of aryl methyl sites for hydroxylation is 1. The summed E-state index contributed by atoms with van der Waals surface area (Å²) in [7, 11) is 0. The second-order valence-electron chi connectivity index (χ2n) is 4.66. The van der Waals surface area contributed by atoms with E-state index in [1.165, 1.54) is 16.5 Å². The van der Waals surface area contributed by atoms with E-state index in [1.54, 1.807) is 0 Å². The predicted molar refractivity (Wildman–Crippen MR) is 74.0 cm³/mol. The van der Waals surface area contributed by atoms with Crippen molar-refractivity contribution >= 4 is 10.9 Å². The fourth-order valence-electron chi connectivity index (χ4n) is 2.24. The Labute approximate surface area is 103 Å². The molecule has 17 heavy (non-hydrogen) atoms. The molecule has 2 rings (SSSR count). The number of nitrogens with zero attached hydrogens (tertiary/aromatic N) is 1. The van der Waals surface area contributed by atoms with Crippen molar-refractivity contribution in [2.24, 2.45) is 11.7 Å². The number of hydrogen-bond donors (Lipinski definition) is 1. The van der Waals surface area contributed by atoms with Crippen LogP contribution >= 0.6 is 0 Å². The Morgan fingerprint density at radius 1 is 1.41 bits per heavy atom. The van der Waals surface area contributed by atoms with Crippen molar-refractivity contribution < 1.29 is 0 Å². The highest BCUT2D eigenvalue weighted by Gasteiger charge is 2.07. The molecule has 0 fully saturated rings. The smallest absolute Gasteiger partial charge is 0.0480 e. The van der Waals surface area contributed by atoms with Crippen LogP contribution in [0.3, 0.4) is 0 Å². The highest BCUT2D eigenvalue weighted by Crippen LogP contribution is 2.19. The summed E-state index contributed by atoms with van der Waals surface area (Å²) < 4.78 is 2.29. The molecule has 0 aliphatic rings. The van der Waals surface area contributed by atoms with Crippen molar-refractivity contribution in [2.75, 3.05) is 6.54 Å². The van der Waals surface area contributed by atoms with Crippen LogP contribution in [-0.4, -0.2) is 11.1 Å². The van der Waals surface area contributed by atoms with Gasteiger partial charge in [-0.15, -0.1) is 6.58 Å². The normalized spacial score (nSPS) is 12.8. The zero-order valence-corrected chi connectivity index (χ0v) is 10.4. The van der Waals surface area contributed by atoms with Crippen molar-refractivity contribution in [3.05, 3.63) is 48.7 Å². The van der Waals surface area contributed by atoms with Gasteiger partial charge in [0.2, 0.25) is 0 Å². The third kappa shape index (κ3) is 2.59. The first-order valence-electron chi connectivity index (χ1n) is 6.11. The molecule has 0 saturated heterocycles. The van der Waals surface area contributed by atoms with Gasteiger partial charge in [-0.2, -0.15) is 0 Å². The molecule has 1 aromatic heterocycles. The van der Waals surface area contributed by atoms with Crippen LogP contribution in [0.1, 0.15) is 12.0 Å². The summed E-state index contributed by atoms with van der Waals surface area (Å²) in [5, 5.41) is 1.30. The van der Waals surface area contributed by atoms with E-state index >= 15 is 0 Å². The maximum Gasteiger partial charge on any atom is 0.0480 e. The number of benzene rings is 1. The number of aromatic nitrogens is 1. The molecule has 1 atom stereocenters. The van der Waals surface area contributed by atoms with E-state index in [0.717, 1.165) is 13.0 Å². The lowest BCUT2D eigenvalue weighted by atomic mass is 10.1. The molecule has 0 radical (unpaired) electrons. The molecule has 0 unspecified atom stereocenters. The standard InChI is InChI=1S/C15H20N2/c1-3-4-13(10-16)11-17-8-7-14-9-12(2)5-6-15(14)17/h3,5-9,13H,1,4,10-11,16H2,2H3/t13-/m1/s1. The SMILES string of the molecule is C=CC[C@H](CN)Cn1ccc2cc(C)ccc21. The van der Waals surface area contributed by atoms with Gasteiger partial charge in [0.05, 0.1) is 0 Å². The van der Waals surface area contributed by atoms with Gasteiger partial charge in [0.25, 0.3) is 0 Å². The number of hydrogen-bond acceptors (Lipinski definition) is 1. The van der Waals surface area contributed by atoms with Crippen LogP contribution in [-0.2, 0) is 6.54 Å². The molecule has 2 aromatic rings. The number of allylic oxidation sites excluding steroid dienone is 1. The summed E-state index contributed by atoms with van der Waals surface area (Å²) in [6.07, 6.45) is 5.07. The monoisotopic (exact) mass is 228 g/mol. The average Bonchev–Trinajstić information content (AvgIpc) is 2.71. The first-order valence-corrected chi connectivity index (χ1v) is 6.11. The minimum atomic E-state index is 0.476. The zero-order chi connectivity index (χ0) is 12.3. The van der Waals surface area contributed by atoms with E-state index < -0.39 is 0 Å². The molecule has 1 heterocycles. The number of rotatable bonds is 5. The quantitative estimate of drug-likeness (QED) is 0.783. The minimum absolute atomic E-state index is 0.476. The molecule has 0 aliphatic carbocycles. The fourth-order valence-corrected chi connectivity index (χ4v) is 2.24. The van der Waals surface area contributed by atoms with Gasteiger partial charge >= 0.3 is 0 Å². The highest BCUT2D eigenvalue weighted by atomic mass is 15.0. The molecule has 2 N–H and O–H groups in total. The Hall–Kier alpha value is -1.54. The maximum absolute atomic E-state index is 5.78. The molecule has 0 bridgehead atoms. The lowest BCUT2D eigenvalue weighted by molar-refractivity contribution is 0.466. The topological polar surface area (TPSA) is 30.9 Å². The van der Waals surface area contributed by atoms with Gasteiger partial charge in [-0.25, -0.2) is 0 Å². The predicted octanol–water partition coefficient (Wildman–Crippen LogP) is 3.10. The van der Waals surface area contributed by atoms with E-state index in [1.807, 2.05) is 6.08 Å². The fraction of sp³-hybridized carbons (Fsp3) is 0.333. The van der Waals surface area contributed by atoms with Crippen molar-refractivity contribution in [1.29, 1.82) is 0 Å². The largest absolute Gasteiger partial charge is 0.347 e. The third-order valence-electron chi connectivity index (χ3n) is 3.21. The van der Waals surface area contributed by atoms with Crippen LogP contribution < -0.4 is 5.73 Å². The molecule has 0 aliphatic heterocycles. The highest BCUT2D eigenvalue weighted by molar-refractivity contribution is 5.80. The Balaban J connectivity index is 2.26. The van der Waals surface area contributed by atoms with Gasteiger partial charge in [0, 0.05) is 18.3 Å². The maximum atomic E-state index is 5.78. The molecule has 2 heteroatoms. The minimum Gasteiger partial charge on any atom is -0.347 e. The van der Waals surface area contributed by atoms with Crippen LogP contribution in [0.15, 0.2) is 43.1 Å². The second kappa shape index (κ2) is 5.19. The summed E-state index contributed by atoms with van der Waals surface area (Å²) in [6, 6.07) is 8.73. The van der Waals surface area contributed by atoms with E-state index in [4.69, 9.17) is 5.73 Å². The van der Waals surface area contributed by atoms with Crippen LogP contribution in [0.4, 0.5) is 0 Å². The van der Waals surface area contributed by atoms with Gasteiger partial charge in [-0.1, -0.05) is 17.7 Å². The van der Waals surface area contributed by atoms with Crippen molar-refractivity contribution in [1.82, 2.24) is 4.57 Å². The van der Waals surface area contributed by atoms with Crippen LogP contribution in [0.5, 0.6) is 0 Å². The van der Waals surface area contributed by atoms with Crippen molar-refractivity contribution in [3.8, 4) is 0 Å². The van der Waals surface area contributed by atoms with Crippen LogP contribution in [0.2, 0.25) is 0 Å². The summed E-state index contributed by atoms with van der Waals surface area (Å²) >= 11 is 0. The van der Waals surface area contributed by atoms with Gasteiger partial charge in [0.1, 0.15) is 0 Å². The zero-order valence-electron chi connectivity index (χ0n) is 10.4. The summed E-state index contributed by atoms with van der Waals surface area (Å²) in [5.74, 6) is 0.476. The Kier molecular flexibility index (Phi) is 3.64. The summed E-state index contributed by atoms with van der Waals surface area (Å²) in [6.45, 7) is 7.58. The van der Waals surface area contributed by atoms with E-state index in [2.05, 4.69) is 48.5 Å².